The van der Waals surface area contributed by atoms with Crippen LogP contribution in [0.5, 0.6) is 0 Å². The van der Waals surface area contributed by atoms with E-state index in [0.29, 0.717) is 5.92 Å². The number of aryl methyl sites for hydroxylation is 1. The van der Waals surface area contributed by atoms with Crippen molar-refractivity contribution in [3.05, 3.63) is 108 Å². The molecule has 3 aromatic carbocycles. The number of aromatic nitrogens is 3. The van der Waals surface area contributed by atoms with E-state index in [-0.39, 0.29) is 0 Å². The fraction of sp³-hybridized carbons (Fsp3) is 0.182. The Kier molecular flexibility index (Phi) is 5.32. The van der Waals surface area contributed by atoms with Crippen molar-refractivity contribution < 1.29 is 0 Å². The zero-order valence-corrected chi connectivity index (χ0v) is 20.9. The van der Waals surface area contributed by atoms with Crippen LogP contribution in [-0.4, -0.2) is 20.2 Å². The van der Waals surface area contributed by atoms with Crippen LogP contribution in [0.15, 0.2) is 102 Å². The maximum absolute atomic E-state index is 5.24. The molecule has 3 heterocycles. The molecular formula is C33H28N4. The second-order valence-electron chi connectivity index (χ2n) is 9.86. The van der Waals surface area contributed by atoms with Crippen LogP contribution in [0.1, 0.15) is 31.2 Å². The molecule has 0 amide bonds. The number of aliphatic imine (C=N–C) groups is 1. The van der Waals surface area contributed by atoms with Gasteiger partial charge in [-0.05, 0) is 55.7 Å². The number of para-hydroxylation sites is 3. The molecule has 4 nitrogen and oxygen atoms in total. The van der Waals surface area contributed by atoms with E-state index >= 15 is 0 Å². The maximum Gasteiger partial charge on any atom is 0.114 e. The average Bonchev–Trinajstić information content (AvgIpc) is 3.31. The summed E-state index contributed by atoms with van der Waals surface area (Å²) in [6.45, 7) is 2.16. The largest absolute Gasteiger partial charge is 0.296 e. The van der Waals surface area contributed by atoms with E-state index in [9.17, 15) is 0 Å². The highest BCUT2D eigenvalue weighted by Gasteiger charge is 2.27. The fourth-order valence-corrected chi connectivity index (χ4v) is 5.78. The van der Waals surface area contributed by atoms with E-state index in [0.717, 1.165) is 76.1 Å². The number of allylic oxidation sites excluding steroid dienone is 4. The first kappa shape index (κ1) is 21.9. The molecular weight excluding hydrogens is 452 g/mol. The second-order valence-corrected chi connectivity index (χ2v) is 9.86. The van der Waals surface area contributed by atoms with Gasteiger partial charge in [0.15, 0.2) is 0 Å². The van der Waals surface area contributed by atoms with Gasteiger partial charge in [-0.15, -0.1) is 0 Å². The average molecular weight is 481 g/mol. The van der Waals surface area contributed by atoms with Gasteiger partial charge in [-0.3, -0.25) is 9.56 Å². The van der Waals surface area contributed by atoms with Gasteiger partial charge in [-0.2, -0.15) is 0 Å². The zero-order valence-electron chi connectivity index (χ0n) is 20.9. The molecule has 2 aliphatic rings. The monoisotopic (exact) mass is 480 g/mol. The third kappa shape index (κ3) is 3.72. The Balaban J connectivity index is 1.38. The van der Waals surface area contributed by atoms with Crippen LogP contribution in [0.4, 0.5) is 5.69 Å². The molecule has 4 heteroatoms. The summed E-state index contributed by atoms with van der Waals surface area (Å²) in [6.07, 6.45) is 12.7. The molecule has 2 aromatic heterocycles. The molecule has 1 aliphatic heterocycles. The Morgan fingerprint density at radius 1 is 0.865 bits per heavy atom. The Labute approximate surface area is 216 Å². The van der Waals surface area contributed by atoms with E-state index in [4.69, 9.17) is 15.0 Å². The van der Waals surface area contributed by atoms with Crippen LogP contribution >= 0.6 is 0 Å². The molecule has 1 aliphatic carbocycles. The minimum Gasteiger partial charge on any atom is -0.296 e. The lowest BCUT2D eigenvalue weighted by Gasteiger charge is -2.26. The quantitative estimate of drug-likeness (QED) is 0.263. The number of hydrogen-bond acceptors (Lipinski definition) is 3. The van der Waals surface area contributed by atoms with Crippen LogP contribution in [0, 0.1) is 5.92 Å². The van der Waals surface area contributed by atoms with Crippen molar-refractivity contribution in [2.24, 2.45) is 10.9 Å². The zero-order chi connectivity index (χ0) is 24.8. The van der Waals surface area contributed by atoms with Crippen LogP contribution in [0.3, 0.4) is 0 Å². The lowest BCUT2D eigenvalue weighted by atomic mass is 9.84. The topological polar surface area (TPSA) is 43.1 Å². The van der Waals surface area contributed by atoms with E-state index in [1.807, 2.05) is 6.07 Å². The fourth-order valence-electron chi connectivity index (χ4n) is 5.78. The third-order valence-corrected chi connectivity index (χ3v) is 7.61. The van der Waals surface area contributed by atoms with E-state index in [1.54, 1.807) is 0 Å². The molecule has 7 rings (SSSR count). The van der Waals surface area contributed by atoms with Crippen LogP contribution in [-0.2, 0) is 12.8 Å². The number of fused-ring (bicyclic) bond motifs is 5. The predicted octanol–water partition coefficient (Wildman–Crippen LogP) is 7.95. The van der Waals surface area contributed by atoms with Gasteiger partial charge in [-0.25, -0.2) is 9.97 Å². The summed E-state index contributed by atoms with van der Waals surface area (Å²) in [6, 6.07) is 25.6. The van der Waals surface area contributed by atoms with Gasteiger partial charge >= 0.3 is 0 Å². The first-order valence-electron chi connectivity index (χ1n) is 13.2. The first-order chi connectivity index (χ1) is 18.3. The van der Waals surface area contributed by atoms with Crippen molar-refractivity contribution in [2.75, 3.05) is 0 Å². The number of benzene rings is 3. The predicted molar refractivity (Wildman–Crippen MR) is 153 cm³/mol. The Hall–Kier alpha value is -4.31. The van der Waals surface area contributed by atoms with Gasteiger partial charge in [0.05, 0.1) is 27.9 Å². The van der Waals surface area contributed by atoms with Crippen molar-refractivity contribution in [1.29, 1.82) is 0 Å². The molecule has 0 fully saturated rings. The summed E-state index contributed by atoms with van der Waals surface area (Å²) < 4.78 is 2.27. The first-order valence-corrected chi connectivity index (χ1v) is 13.2. The molecule has 1 unspecified atom stereocenters. The normalized spacial score (nSPS) is 18.5. The van der Waals surface area contributed by atoms with Crippen molar-refractivity contribution in [3.8, 4) is 16.9 Å². The van der Waals surface area contributed by atoms with Gasteiger partial charge in [0.1, 0.15) is 5.82 Å². The summed E-state index contributed by atoms with van der Waals surface area (Å²) >= 11 is 0. The highest BCUT2D eigenvalue weighted by Crippen LogP contribution is 2.42. The van der Waals surface area contributed by atoms with Crippen molar-refractivity contribution in [3.63, 3.8) is 0 Å². The van der Waals surface area contributed by atoms with Crippen molar-refractivity contribution in [1.82, 2.24) is 14.5 Å². The van der Waals surface area contributed by atoms with Crippen molar-refractivity contribution >= 4 is 33.3 Å². The molecule has 0 radical (unpaired) electrons. The van der Waals surface area contributed by atoms with E-state index in [1.165, 1.54) is 11.3 Å². The summed E-state index contributed by atoms with van der Waals surface area (Å²) in [5, 5.41) is 1.13. The minimum atomic E-state index is 0.416. The molecule has 0 spiro atoms. The number of nitrogens with zero attached hydrogens (tertiary/aromatic N) is 4. The second kappa shape index (κ2) is 8.97. The van der Waals surface area contributed by atoms with Crippen LogP contribution < -0.4 is 0 Å². The molecule has 0 N–H and O–H groups in total. The lowest BCUT2D eigenvalue weighted by Crippen LogP contribution is -2.20. The SMILES string of the molecule is CCc1nc2ccccc2n1-c1ccc(-c2nc3ccccc3c3c2CC2CC/C=C\C=C/C2=N3)cc1. The van der Waals surface area contributed by atoms with E-state index in [2.05, 4.69) is 103 Å². The third-order valence-electron chi connectivity index (χ3n) is 7.61. The molecule has 37 heavy (non-hydrogen) atoms. The highest BCUT2D eigenvalue weighted by molar-refractivity contribution is 6.05. The van der Waals surface area contributed by atoms with Gasteiger partial charge in [0, 0.05) is 40.3 Å². The number of hydrogen-bond donors (Lipinski definition) is 0. The minimum absolute atomic E-state index is 0.416. The lowest BCUT2D eigenvalue weighted by molar-refractivity contribution is 0.624. The van der Waals surface area contributed by atoms with Crippen LogP contribution in [0.25, 0.3) is 38.9 Å². The van der Waals surface area contributed by atoms with E-state index < -0.39 is 0 Å². The molecule has 0 bridgehead atoms. The standard InChI is InChI=1S/C33H28N4/c1-2-31-34-29-15-9-10-16-30(29)37(31)24-19-17-22(18-20-24)32-26-21-23-11-5-3-4-6-13-27(23)35-33(26)25-12-7-8-14-28(25)36-32/h3-4,6-10,12-20,23H,2,5,11,21H2,1H3/b4-3-,13-6-. The number of pyridine rings is 1. The molecule has 5 aromatic rings. The Bertz CT molecular complexity index is 1730. The maximum atomic E-state index is 5.24. The Morgan fingerprint density at radius 3 is 2.54 bits per heavy atom. The summed E-state index contributed by atoms with van der Waals surface area (Å²) in [4.78, 5) is 15.3. The van der Waals surface area contributed by atoms with Gasteiger partial charge in [0.25, 0.3) is 0 Å². The molecule has 180 valence electrons. The Morgan fingerprint density at radius 2 is 1.68 bits per heavy atom. The summed E-state index contributed by atoms with van der Waals surface area (Å²) in [5.41, 5.74) is 10.0. The van der Waals surface area contributed by atoms with Crippen molar-refractivity contribution in [2.45, 2.75) is 32.6 Å². The molecule has 0 saturated carbocycles. The number of rotatable bonds is 3. The molecule has 0 saturated heterocycles. The smallest absolute Gasteiger partial charge is 0.114 e. The molecule has 1 atom stereocenters. The number of imidazole rings is 1. The van der Waals surface area contributed by atoms with Gasteiger partial charge in [-0.1, -0.05) is 67.6 Å². The van der Waals surface area contributed by atoms with Gasteiger partial charge in [0.2, 0.25) is 0 Å². The van der Waals surface area contributed by atoms with Gasteiger partial charge < -0.3 is 0 Å². The van der Waals surface area contributed by atoms with Crippen LogP contribution in [0.2, 0.25) is 0 Å². The summed E-state index contributed by atoms with van der Waals surface area (Å²) in [5.74, 6) is 1.49. The summed E-state index contributed by atoms with van der Waals surface area (Å²) in [7, 11) is 0. The highest BCUT2D eigenvalue weighted by atomic mass is 15.1.